The molecule has 4 rings (SSSR count). The van der Waals surface area contributed by atoms with Crippen LogP contribution in [0, 0.1) is 0 Å². The van der Waals surface area contributed by atoms with Crippen molar-refractivity contribution in [2.45, 2.75) is 6.54 Å². The van der Waals surface area contributed by atoms with E-state index in [9.17, 15) is 0 Å². The lowest BCUT2D eigenvalue weighted by atomic mass is 10.1. The van der Waals surface area contributed by atoms with Crippen LogP contribution in [0.2, 0.25) is 0 Å². The van der Waals surface area contributed by atoms with Gasteiger partial charge in [-0.2, -0.15) is 0 Å². The van der Waals surface area contributed by atoms with Crippen molar-refractivity contribution in [1.82, 2.24) is 19.9 Å². The fourth-order valence-corrected chi connectivity index (χ4v) is 2.88. The van der Waals surface area contributed by atoms with Gasteiger partial charge in [0.25, 0.3) is 0 Å². The quantitative estimate of drug-likeness (QED) is 0.337. The number of aromatic nitrogens is 4. The highest BCUT2D eigenvalue weighted by Gasteiger charge is 2.12. The van der Waals surface area contributed by atoms with Crippen molar-refractivity contribution in [2.24, 2.45) is 5.84 Å². The molecule has 0 saturated carbocycles. The van der Waals surface area contributed by atoms with Crippen LogP contribution < -0.4 is 26.6 Å². The number of fused-ring (bicyclic) bond motifs is 1. The van der Waals surface area contributed by atoms with E-state index in [4.69, 9.17) is 16.3 Å². The van der Waals surface area contributed by atoms with Crippen molar-refractivity contribution in [3.05, 3.63) is 66.6 Å². The largest absolute Gasteiger partial charge is 0.481 e. The van der Waals surface area contributed by atoms with Gasteiger partial charge in [-0.3, -0.25) is 9.99 Å². The van der Waals surface area contributed by atoms with Crippen LogP contribution >= 0.6 is 0 Å². The number of nitrogens with zero attached hydrogens (tertiary/aromatic N) is 5. The highest BCUT2D eigenvalue weighted by Crippen LogP contribution is 2.23. The summed E-state index contributed by atoms with van der Waals surface area (Å²) < 4.78 is 5.06. The molecule has 146 valence electrons. The molecule has 0 bridgehead atoms. The number of ether oxygens (including phenoxy) is 1. The molecule has 4 aromatic rings. The van der Waals surface area contributed by atoms with Gasteiger partial charge in [0.1, 0.15) is 0 Å². The first-order chi connectivity index (χ1) is 14.1. The zero-order chi connectivity index (χ0) is 20.2. The Balaban J connectivity index is 1.53. The highest BCUT2D eigenvalue weighted by atomic mass is 16.5. The summed E-state index contributed by atoms with van der Waals surface area (Å²) in [5.41, 5.74) is 8.68. The van der Waals surface area contributed by atoms with Crippen molar-refractivity contribution in [2.75, 3.05) is 23.2 Å². The molecule has 9 nitrogen and oxygen atoms in total. The fourth-order valence-electron chi connectivity index (χ4n) is 2.88. The number of hydrazine groups is 1. The van der Waals surface area contributed by atoms with Gasteiger partial charge in [-0.25, -0.2) is 20.8 Å². The van der Waals surface area contributed by atoms with Crippen LogP contribution in [-0.4, -0.2) is 27.0 Å². The molecule has 9 heteroatoms. The molecular formula is C20H20N8O. The third-order valence-corrected chi connectivity index (χ3v) is 4.29. The minimum Gasteiger partial charge on any atom is -0.481 e. The molecule has 0 fully saturated rings. The molecule has 0 radical (unpaired) electrons. The molecule has 0 spiro atoms. The summed E-state index contributed by atoms with van der Waals surface area (Å²) >= 11 is 0. The normalized spacial score (nSPS) is 10.7. The van der Waals surface area contributed by atoms with Crippen molar-refractivity contribution in [3.63, 3.8) is 0 Å². The van der Waals surface area contributed by atoms with Gasteiger partial charge in [0.2, 0.25) is 5.88 Å². The van der Waals surface area contributed by atoms with E-state index in [1.54, 1.807) is 31.8 Å². The summed E-state index contributed by atoms with van der Waals surface area (Å²) in [4.78, 5) is 17.2. The average molecular weight is 388 g/mol. The number of nitrogens with one attached hydrogen (secondary N) is 1. The first kappa shape index (κ1) is 18.4. The molecule has 0 amide bonds. The molecular weight excluding hydrogens is 368 g/mol. The van der Waals surface area contributed by atoms with Crippen molar-refractivity contribution < 1.29 is 4.74 Å². The first-order valence-electron chi connectivity index (χ1n) is 8.88. The molecule has 0 aliphatic heterocycles. The van der Waals surface area contributed by atoms with E-state index in [1.807, 2.05) is 36.4 Å². The van der Waals surface area contributed by atoms with E-state index >= 15 is 0 Å². The van der Waals surface area contributed by atoms with Crippen LogP contribution in [0.25, 0.3) is 10.9 Å². The van der Waals surface area contributed by atoms with Crippen molar-refractivity contribution in [1.29, 1.82) is 0 Å². The second-order valence-electron chi connectivity index (χ2n) is 6.34. The summed E-state index contributed by atoms with van der Waals surface area (Å²) in [6, 6.07) is 13.5. The van der Waals surface area contributed by atoms with Gasteiger partial charge in [-0.05, 0) is 29.8 Å². The smallest absolute Gasteiger partial charge is 0.213 e. The Morgan fingerprint density at radius 1 is 1.07 bits per heavy atom. The Labute approximate surface area is 167 Å². The van der Waals surface area contributed by atoms with E-state index in [1.165, 1.54) is 5.01 Å². The Kier molecular flexibility index (Phi) is 5.04. The van der Waals surface area contributed by atoms with E-state index in [0.717, 1.165) is 22.2 Å². The topological polar surface area (TPSA) is 128 Å². The lowest BCUT2D eigenvalue weighted by Crippen LogP contribution is -2.32. The summed E-state index contributed by atoms with van der Waals surface area (Å²) in [6.07, 6.45) is 4.95. The SMILES string of the molecule is COc1ccc(Nc2cnc(N)c(N(N)Cc3ccc4ncccc4c3)n2)cn1. The first-order valence-corrected chi connectivity index (χ1v) is 8.88. The summed E-state index contributed by atoms with van der Waals surface area (Å²) in [7, 11) is 1.56. The zero-order valence-corrected chi connectivity index (χ0v) is 15.8. The Hall–Kier alpha value is -3.98. The number of nitrogens with two attached hydrogens (primary N) is 2. The lowest BCUT2D eigenvalue weighted by molar-refractivity contribution is 0.398. The van der Waals surface area contributed by atoms with Crippen LogP contribution in [0.5, 0.6) is 5.88 Å². The van der Waals surface area contributed by atoms with Gasteiger partial charge in [0, 0.05) is 17.6 Å². The molecule has 3 aromatic heterocycles. The number of nitrogen functional groups attached to an aromatic ring is 1. The number of anilines is 4. The van der Waals surface area contributed by atoms with Crippen LogP contribution in [0.4, 0.5) is 23.1 Å². The van der Waals surface area contributed by atoms with Gasteiger partial charge in [0.15, 0.2) is 17.5 Å². The molecule has 1 aromatic carbocycles. The predicted octanol–water partition coefficient (Wildman–Crippen LogP) is 2.63. The van der Waals surface area contributed by atoms with Gasteiger partial charge in [0.05, 0.1) is 37.3 Å². The minimum absolute atomic E-state index is 0.244. The lowest BCUT2D eigenvalue weighted by Gasteiger charge is -2.20. The third kappa shape index (κ3) is 4.14. The number of benzene rings is 1. The van der Waals surface area contributed by atoms with Crippen LogP contribution in [-0.2, 0) is 6.54 Å². The monoisotopic (exact) mass is 388 g/mol. The van der Waals surface area contributed by atoms with Crippen molar-refractivity contribution in [3.8, 4) is 5.88 Å². The van der Waals surface area contributed by atoms with Crippen LogP contribution in [0.1, 0.15) is 5.56 Å². The van der Waals surface area contributed by atoms with Gasteiger partial charge in [-0.15, -0.1) is 0 Å². The highest BCUT2D eigenvalue weighted by molar-refractivity contribution is 5.79. The molecule has 0 aliphatic carbocycles. The fraction of sp³-hybridized carbons (Fsp3) is 0.100. The minimum atomic E-state index is 0.244. The predicted molar refractivity (Wildman–Crippen MR) is 113 cm³/mol. The average Bonchev–Trinajstić information content (AvgIpc) is 2.75. The summed E-state index contributed by atoms with van der Waals surface area (Å²) in [5.74, 6) is 7.90. The number of hydrogen-bond donors (Lipinski definition) is 3. The number of pyridine rings is 2. The van der Waals surface area contributed by atoms with Crippen molar-refractivity contribution >= 4 is 34.0 Å². The molecule has 29 heavy (non-hydrogen) atoms. The maximum absolute atomic E-state index is 6.25. The summed E-state index contributed by atoms with van der Waals surface area (Å²) in [5, 5.41) is 5.64. The second-order valence-corrected chi connectivity index (χ2v) is 6.34. The molecule has 0 aliphatic rings. The molecule has 0 unspecified atom stereocenters. The van der Waals surface area contributed by atoms with Gasteiger partial charge < -0.3 is 15.8 Å². The summed E-state index contributed by atoms with van der Waals surface area (Å²) in [6.45, 7) is 0.414. The van der Waals surface area contributed by atoms with E-state index in [-0.39, 0.29) is 5.82 Å². The van der Waals surface area contributed by atoms with Crippen LogP contribution in [0.3, 0.4) is 0 Å². The number of hydrogen-bond acceptors (Lipinski definition) is 9. The van der Waals surface area contributed by atoms with E-state index < -0.39 is 0 Å². The number of rotatable bonds is 6. The Morgan fingerprint density at radius 2 is 1.97 bits per heavy atom. The van der Waals surface area contributed by atoms with E-state index in [0.29, 0.717) is 24.1 Å². The maximum atomic E-state index is 6.25. The number of methoxy groups -OCH3 is 1. The standard InChI is InChI=1S/C20H20N8O/c1-29-18-7-5-15(10-24-18)26-17-11-25-19(21)20(27-17)28(22)12-13-4-6-16-14(9-13)3-2-8-23-16/h2-11H,12,22H2,1H3,(H2,21,25)(H,26,27). The van der Waals surface area contributed by atoms with Gasteiger partial charge >= 0.3 is 0 Å². The van der Waals surface area contributed by atoms with Gasteiger partial charge in [-0.1, -0.05) is 12.1 Å². The molecule has 0 atom stereocenters. The second kappa shape index (κ2) is 7.95. The molecule has 5 N–H and O–H groups in total. The van der Waals surface area contributed by atoms with Crippen LogP contribution in [0.15, 0.2) is 61.1 Å². The maximum Gasteiger partial charge on any atom is 0.213 e. The molecule has 0 saturated heterocycles. The molecule has 3 heterocycles. The zero-order valence-electron chi connectivity index (χ0n) is 15.8. The Bertz CT molecular complexity index is 1130. The third-order valence-electron chi connectivity index (χ3n) is 4.29. The Morgan fingerprint density at radius 3 is 2.76 bits per heavy atom. The van der Waals surface area contributed by atoms with E-state index in [2.05, 4.69) is 25.3 Å².